The van der Waals surface area contributed by atoms with Gasteiger partial charge in [0.15, 0.2) is 0 Å². The zero-order chi connectivity index (χ0) is 16.9. The number of aromatic hydroxyl groups is 1. The summed E-state index contributed by atoms with van der Waals surface area (Å²) >= 11 is 13.7. The van der Waals surface area contributed by atoms with Crippen molar-refractivity contribution in [2.45, 2.75) is 6.04 Å². The van der Waals surface area contributed by atoms with Crippen LogP contribution < -0.4 is 0 Å². The number of nitrogens with zero attached hydrogens (tertiary/aromatic N) is 2. The molecule has 0 amide bonds. The molecule has 0 unspecified atom stereocenters. The molecule has 2 heterocycles. The molecule has 24 heavy (non-hydrogen) atoms. The highest BCUT2D eigenvalue weighted by atomic mass is 35.5. The second-order valence-electron chi connectivity index (χ2n) is 5.50. The number of hydrogen-bond acceptors (Lipinski definition) is 5. The first-order chi connectivity index (χ1) is 11.6. The third-order valence-electron chi connectivity index (χ3n) is 3.92. The van der Waals surface area contributed by atoms with Crippen LogP contribution in [0.15, 0.2) is 34.6 Å². The van der Waals surface area contributed by atoms with E-state index in [4.69, 9.17) is 27.9 Å². The Kier molecular flexibility index (Phi) is 6.14. The molecule has 0 aliphatic carbocycles. The van der Waals surface area contributed by atoms with Crippen LogP contribution in [0, 0.1) is 0 Å². The highest BCUT2D eigenvalue weighted by Crippen LogP contribution is 2.30. The van der Waals surface area contributed by atoms with E-state index in [0.29, 0.717) is 17.1 Å². The molecule has 0 bridgehead atoms. The maximum Gasteiger partial charge on any atom is 0.143 e. The van der Waals surface area contributed by atoms with Crippen molar-refractivity contribution in [3.05, 3.63) is 50.1 Å². The number of morpholine rings is 1. The molecule has 0 spiro atoms. The topological polar surface area (TPSA) is 45.1 Å². The van der Waals surface area contributed by atoms with Crippen molar-refractivity contribution in [2.24, 2.45) is 4.99 Å². The van der Waals surface area contributed by atoms with Crippen LogP contribution in [0.1, 0.15) is 16.5 Å². The summed E-state index contributed by atoms with van der Waals surface area (Å²) in [6, 6.07) is 7.56. The number of phenolic OH excluding ortho intramolecular Hbond substituents is 1. The van der Waals surface area contributed by atoms with Gasteiger partial charge in [-0.15, -0.1) is 11.3 Å². The fourth-order valence-corrected chi connectivity index (χ4v) is 4.05. The first-order valence-electron chi connectivity index (χ1n) is 7.68. The summed E-state index contributed by atoms with van der Waals surface area (Å²) in [7, 11) is 0. The van der Waals surface area contributed by atoms with E-state index < -0.39 is 0 Å². The van der Waals surface area contributed by atoms with Gasteiger partial charge in [-0.3, -0.25) is 9.89 Å². The molecule has 1 N–H and O–H groups in total. The van der Waals surface area contributed by atoms with Crippen LogP contribution in [0.5, 0.6) is 5.75 Å². The normalized spacial score (nSPS) is 17.4. The maximum atomic E-state index is 10.0. The molecule has 1 atom stereocenters. The molecule has 128 valence electrons. The summed E-state index contributed by atoms with van der Waals surface area (Å²) in [5, 5.41) is 12.8. The highest BCUT2D eigenvalue weighted by Gasteiger charge is 2.22. The fourth-order valence-electron chi connectivity index (χ4n) is 2.69. The first kappa shape index (κ1) is 17.7. The van der Waals surface area contributed by atoms with Crippen molar-refractivity contribution in [1.29, 1.82) is 0 Å². The van der Waals surface area contributed by atoms with E-state index in [1.165, 1.54) is 10.9 Å². The Morgan fingerprint density at radius 2 is 2.12 bits per heavy atom. The van der Waals surface area contributed by atoms with Crippen molar-refractivity contribution in [2.75, 3.05) is 32.8 Å². The predicted molar refractivity (Wildman–Crippen MR) is 100 cm³/mol. The zero-order valence-electron chi connectivity index (χ0n) is 13.0. The van der Waals surface area contributed by atoms with E-state index >= 15 is 0 Å². The lowest BCUT2D eigenvalue weighted by atomic mass is 10.2. The monoisotopic (exact) mass is 384 g/mol. The largest absolute Gasteiger partial charge is 0.506 e. The van der Waals surface area contributed by atoms with E-state index in [0.717, 1.165) is 26.3 Å². The standard InChI is InChI=1S/C17H18Cl2N2O2S/c18-13-8-12(17(22)14(19)9-13)10-20-11-15(16-2-1-7-24-16)21-3-5-23-6-4-21/h1-2,7-10,15,22H,3-6,11H2/t15-/m1/s1. The summed E-state index contributed by atoms with van der Waals surface area (Å²) in [6.07, 6.45) is 1.63. The van der Waals surface area contributed by atoms with Gasteiger partial charge in [0, 0.05) is 34.8 Å². The Bertz CT molecular complexity index is 701. The fraction of sp³-hybridized carbons (Fsp3) is 0.353. The number of thiophene rings is 1. The average Bonchev–Trinajstić information content (AvgIpc) is 3.11. The van der Waals surface area contributed by atoms with Crippen LogP contribution in [0.25, 0.3) is 0 Å². The molecular formula is C17H18Cl2N2O2S. The summed E-state index contributed by atoms with van der Waals surface area (Å²) in [5.41, 5.74) is 0.527. The molecule has 1 aliphatic rings. The van der Waals surface area contributed by atoms with Gasteiger partial charge in [-0.1, -0.05) is 29.3 Å². The van der Waals surface area contributed by atoms with Crippen LogP contribution in [0.4, 0.5) is 0 Å². The summed E-state index contributed by atoms with van der Waals surface area (Å²) in [5.74, 6) is 0.00358. The molecule has 1 saturated heterocycles. The number of ether oxygens (including phenoxy) is 1. The molecule has 1 aromatic heterocycles. The number of benzene rings is 1. The summed E-state index contributed by atoms with van der Waals surface area (Å²) < 4.78 is 5.44. The van der Waals surface area contributed by atoms with E-state index in [1.54, 1.807) is 23.6 Å². The summed E-state index contributed by atoms with van der Waals surface area (Å²) in [6.45, 7) is 3.88. The minimum absolute atomic E-state index is 0.00358. The lowest BCUT2D eigenvalue weighted by Gasteiger charge is -2.33. The zero-order valence-corrected chi connectivity index (χ0v) is 15.3. The quantitative estimate of drug-likeness (QED) is 0.783. The summed E-state index contributed by atoms with van der Waals surface area (Å²) in [4.78, 5) is 8.20. The van der Waals surface area contributed by atoms with Crippen molar-refractivity contribution < 1.29 is 9.84 Å². The molecule has 0 radical (unpaired) electrons. The molecule has 1 aromatic carbocycles. The highest BCUT2D eigenvalue weighted by molar-refractivity contribution is 7.10. The number of halogens is 2. The lowest BCUT2D eigenvalue weighted by Crippen LogP contribution is -2.39. The van der Waals surface area contributed by atoms with E-state index in [9.17, 15) is 5.11 Å². The minimum atomic E-state index is 0.00358. The second-order valence-corrected chi connectivity index (χ2v) is 7.32. The third kappa shape index (κ3) is 4.29. The number of rotatable bonds is 5. The van der Waals surface area contributed by atoms with Gasteiger partial charge in [-0.05, 0) is 23.6 Å². The van der Waals surface area contributed by atoms with Crippen LogP contribution in [0.3, 0.4) is 0 Å². The number of aliphatic imine (C=N–C) groups is 1. The van der Waals surface area contributed by atoms with Gasteiger partial charge < -0.3 is 9.84 Å². The second kappa shape index (κ2) is 8.32. The van der Waals surface area contributed by atoms with E-state index in [-0.39, 0.29) is 16.8 Å². The Balaban J connectivity index is 1.76. The van der Waals surface area contributed by atoms with Crippen molar-refractivity contribution in [3.8, 4) is 5.75 Å². The third-order valence-corrected chi connectivity index (χ3v) is 5.40. The Labute approximate surface area is 155 Å². The molecular weight excluding hydrogens is 367 g/mol. The Morgan fingerprint density at radius 3 is 2.83 bits per heavy atom. The Hall–Kier alpha value is -1.11. The van der Waals surface area contributed by atoms with Crippen LogP contribution in [-0.2, 0) is 4.74 Å². The van der Waals surface area contributed by atoms with Crippen LogP contribution in [-0.4, -0.2) is 49.1 Å². The van der Waals surface area contributed by atoms with E-state index in [1.807, 2.05) is 0 Å². The molecule has 1 fully saturated rings. The first-order valence-corrected chi connectivity index (χ1v) is 9.32. The maximum absolute atomic E-state index is 10.0. The number of hydrogen-bond donors (Lipinski definition) is 1. The van der Waals surface area contributed by atoms with Gasteiger partial charge in [0.1, 0.15) is 5.75 Å². The van der Waals surface area contributed by atoms with Crippen molar-refractivity contribution in [1.82, 2.24) is 4.90 Å². The molecule has 0 saturated carbocycles. The molecule has 7 heteroatoms. The van der Waals surface area contributed by atoms with Gasteiger partial charge >= 0.3 is 0 Å². The van der Waals surface area contributed by atoms with Crippen LogP contribution >= 0.6 is 34.5 Å². The smallest absolute Gasteiger partial charge is 0.143 e. The minimum Gasteiger partial charge on any atom is -0.506 e. The molecule has 3 rings (SSSR count). The SMILES string of the molecule is Oc1c(Cl)cc(Cl)cc1C=NC[C@H](c1cccs1)N1CCOCC1. The van der Waals surface area contributed by atoms with Crippen LogP contribution in [0.2, 0.25) is 10.0 Å². The van der Waals surface area contributed by atoms with Gasteiger partial charge in [0.2, 0.25) is 0 Å². The van der Waals surface area contributed by atoms with Crippen molar-refractivity contribution in [3.63, 3.8) is 0 Å². The van der Waals surface area contributed by atoms with Gasteiger partial charge in [-0.25, -0.2) is 0 Å². The molecule has 1 aliphatic heterocycles. The Morgan fingerprint density at radius 1 is 1.33 bits per heavy atom. The average molecular weight is 385 g/mol. The molecule has 4 nitrogen and oxygen atoms in total. The van der Waals surface area contributed by atoms with E-state index in [2.05, 4.69) is 27.4 Å². The van der Waals surface area contributed by atoms with Crippen molar-refractivity contribution >= 4 is 40.8 Å². The lowest BCUT2D eigenvalue weighted by molar-refractivity contribution is 0.0187. The molecule has 2 aromatic rings. The van der Waals surface area contributed by atoms with Gasteiger partial charge in [0.25, 0.3) is 0 Å². The van der Waals surface area contributed by atoms with Gasteiger partial charge in [0.05, 0.1) is 30.8 Å². The number of phenols is 1. The van der Waals surface area contributed by atoms with Gasteiger partial charge in [-0.2, -0.15) is 0 Å². The predicted octanol–water partition coefficient (Wildman–Crippen LogP) is 4.25.